The van der Waals surface area contributed by atoms with Gasteiger partial charge < -0.3 is 11.5 Å². The van der Waals surface area contributed by atoms with Crippen molar-refractivity contribution in [2.45, 2.75) is 39.7 Å². The Morgan fingerprint density at radius 3 is 2.20 bits per heavy atom. The largest absolute Gasteiger partial charge is 0.370 e. The molecule has 6 heteroatoms. The van der Waals surface area contributed by atoms with Gasteiger partial charge in [-0.3, -0.25) is 10.7 Å². The van der Waals surface area contributed by atoms with E-state index in [-0.39, 0.29) is 30.4 Å². The lowest BCUT2D eigenvalue weighted by molar-refractivity contribution is 0.434. The Labute approximate surface area is 97.6 Å². The number of nitrogens with two attached hydrogens (primary N) is 2. The summed E-state index contributed by atoms with van der Waals surface area (Å²) >= 11 is 0. The van der Waals surface area contributed by atoms with Gasteiger partial charge in [-0.05, 0) is 12.3 Å². The van der Waals surface area contributed by atoms with Gasteiger partial charge in [0, 0.05) is 0 Å². The van der Waals surface area contributed by atoms with Gasteiger partial charge in [0.15, 0.2) is 11.9 Å². The zero-order chi connectivity index (χ0) is 11.1. The summed E-state index contributed by atoms with van der Waals surface area (Å²) in [5, 5.41) is 9.46. The first-order valence-corrected chi connectivity index (χ1v) is 4.95. The van der Waals surface area contributed by atoms with Crippen molar-refractivity contribution in [3.63, 3.8) is 0 Å². The van der Waals surface area contributed by atoms with Crippen LogP contribution in [-0.4, -0.2) is 18.0 Å². The van der Waals surface area contributed by atoms with Gasteiger partial charge in [0.25, 0.3) is 0 Å². The van der Waals surface area contributed by atoms with Crippen molar-refractivity contribution in [1.82, 2.24) is 5.32 Å². The minimum Gasteiger partial charge on any atom is -0.370 e. The van der Waals surface area contributed by atoms with Crippen LogP contribution in [0.1, 0.15) is 33.6 Å². The number of hydrogen-bond acceptors (Lipinski definition) is 2. The molecule has 0 spiro atoms. The van der Waals surface area contributed by atoms with E-state index < -0.39 is 0 Å². The van der Waals surface area contributed by atoms with Crippen LogP contribution in [0.2, 0.25) is 0 Å². The number of aliphatic imine (C=N–C) groups is 1. The van der Waals surface area contributed by atoms with Crippen LogP contribution in [0.3, 0.4) is 0 Å². The van der Waals surface area contributed by atoms with E-state index in [2.05, 4.69) is 31.1 Å². The summed E-state index contributed by atoms with van der Waals surface area (Å²) in [7, 11) is 0. The van der Waals surface area contributed by atoms with Crippen molar-refractivity contribution in [2.24, 2.45) is 22.4 Å². The van der Waals surface area contributed by atoms with Crippen molar-refractivity contribution in [1.29, 1.82) is 5.41 Å². The lowest BCUT2D eigenvalue weighted by atomic mass is 9.98. The number of halogens is 1. The van der Waals surface area contributed by atoms with Crippen LogP contribution in [0, 0.1) is 11.3 Å². The Hall–Kier alpha value is -0.970. The van der Waals surface area contributed by atoms with Gasteiger partial charge in [0.1, 0.15) is 0 Å². The van der Waals surface area contributed by atoms with E-state index in [9.17, 15) is 0 Å². The molecule has 0 aliphatic heterocycles. The first kappa shape index (κ1) is 16.5. The van der Waals surface area contributed by atoms with Crippen molar-refractivity contribution >= 4 is 24.3 Å². The predicted molar refractivity (Wildman–Crippen MR) is 67.5 cm³/mol. The van der Waals surface area contributed by atoms with Crippen molar-refractivity contribution in [3.8, 4) is 0 Å². The third-order valence-electron chi connectivity index (χ3n) is 2.29. The average molecular weight is 236 g/mol. The molecular formula is C9H22ClN5. The molecule has 0 rings (SSSR count). The smallest absolute Gasteiger partial charge is 0.195 e. The third-order valence-corrected chi connectivity index (χ3v) is 2.29. The predicted octanol–water partition coefficient (Wildman–Crippen LogP) is 1.03. The van der Waals surface area contributed by atoms with E-state index in [4.69, 9.17) is 16.9 Å². The van der Waals surface area contributed by atoms with Crippen LogP contribution in [0.4, 0.5) is 0 Å². The maximum Gasteiger partial charge on any atom is 0.195 e. The number of guanidine groups is 2. The van der Waals surface area contributed by atoms with Crippen LogP contribution in [0.5, 0.6) is 0 Å². The summed E-state index contributed by atoms with van der Waals surface area (Å²) in [5.41, 5.74) is 10.7. The molecule has 0 saturated heterocycles. The molecule has 2 unspecified atom stereocenters. The van der Waals surface area contributed by atoms with Gasteiger partial charge >= 0.3 is 0 Å². The fourth-order valence-corrected chi connectivity index (χ4v) is 1.24. The van der Waals surface area contributed by atoms with Gasteiger partial charge in [-0.25, -0.2) is 4.99 Å². The fraction of sp³-hybridized carbons (Fsp3) is 0.778. The van der Waals surface area contributed by atoms with Gasteiger partial charge in [-0.15, -0.1) is 12.4 Å². The number of hydrogen-bond donors (Lipinski definition) is 4. The van der Waals surface area contributed by atoms with Gasteiger partial charge in [-0.1, -0.05) is 27.2 Å². The monoisotopic (exact) mass is 235 g/mol. The molecule has 0 radical (unpaired) electrons. The lowest BCUT2D eigenvalue weighted by Crippen LogP contribution is -2.41. The molecular weight excluding hydrogens is 214 g/mol. The molecule has 0 amide bonds. The molecule has 0 aromatic rings. The minimum absolute atomic E-state index is 0. The van der Waals surface area contributed by atoms with Crippen molar-refractivity contribution in [2.75, 3.05) is 0 Å². The molecule has 15 heavy (non-hydrogen) atoms. The maximum atomic E-state index is 6.98. The van der Waals surface area contributed by atoms with Crippen molar-refractivity contribution in [3.05, 3.63) is 0 Å². The molecule has 0 aliphatic rings. The molecule has 90 valence electrons. The quantitative estimate of drug-likeness (QED) is 0.433. The van der Waals surface area contributed by atoms with E-state index in [1.807, 2.05) is 0 Å². The second-order valence-corrected chi connectivity index (χ2v) is 3.41. The normalized spacial score (nSPS) is 15.0. The average Bonchev–Trinajstić information content (AvgIpc) is 2.11. The van der Waals surface area contributed by atoms with Gasteiger partial charge in [0.05, 0.1) is 6.04 Å². The summed E-state index contributed by atoms with van der Waals surface area (Å²) < 4.78 is 0. The standard InChI is InChI=1S/C9H21N5.ClH/c1-4-6(3)7(5-2)13-9(12)14-8(10)11;/h6-7H,4-5H2,1-3H3,(H6,10,11,12,13,14);1H. The van der Waals surface area contributed by atoms with Crippen LogP contribution < -0.4 is 16.8 Å². The summed E-state index contributed by atoms with van der Waals surface area (Å²) in [4.78, 5) is 4.27. The number of rotatable bonds is 4. The zero-order valence-electron chi connectivity index (χ0n) is 9.58. The molecule has 0 heterocycles. The highest BCUT2D eigenvalue weighted by Crippen LogP contribution is 2.13. The molecule has 0 aliphatic carbocycles. The van der Waals surface area contributed by atoms with E-state index in [0.717, 1.165) is 12.8 Å². The van der Waals surface area contributed by atoms with Crippen LogP contribution >= 0.6 is 12.4 Å². The Bertz CT molecular complexity index is 217. The molecule has 0 fully saturated rings. The molecule has 2 atom stereocenters. The summed E-state index contributed by atoms with van der Waals surface area (Å²) in [5.74, 6) is 0.544. The first-order valence-electron chi connectivity index (χ1n) is 4.95. The van der Waals surface area contributed by atoms with Crippen LogP contribution in [0.25, 0.3) is 0 Å². The SMILES string of the molecule is CCC(C)C(CC)N=C(N)NC(=N)N.Cl. The summed E-state index contributed by atoms with van der Waals surface area (Å²) in [6.45, 7) is 6.33. The van der Waals surface area contributed by atoms with E-state index >= 15 is 0 Å². The van der Waals surface area contributed by atoms with Crippen molar-refractivity contribution < 1.29 is 0 Å². The topological polar surface area (TPSA) is 100 Å². The van der Waals surface area contributed by atoms with Gasteiger partial charge in [0.2, 0.25) is 0 Å². The zero-order valence-corrected chi connectivity index (χ0v) is 10.4. The highest BCUT2D eigenvalue weighted by molar-refractivity contribution is 5.95. The molecule has 0 bridgehead atoms. The second kappa shape index (κ2) is 8.35. The molecule has 5 nitrogen and oxygen atoms in total. The van der Waals surface area contributed by atoms with E-state index in [0.29, 0.717) is 5.92 Å². The molecule has 6 N–H and O–H groups in total. The number of nitrogens with one attached hydrogen (secondary N) is 2. The first-order chi connectivity index (χ1) is 6.51. The molecule has 0 saturated carbocycles. The second-order valence-electron chi connectivity index (χ2n) is 3.41. The van der Waals surface area contributed by atoms with Gasteiger partial charge in [-0.2, -0.15) is 0 Å². The fourth-order valence-electron chi connectivity index (χ4n) is 1.24. The Morgan fingerprint density at radius 1 is 1.33 bits per heavy atom. The van der Waals surface area contributed by atoms with E-state index in [1.54, 1.807) is 0 Å². The maximum absolute atomic E-state index is 6.98. The molecule has 0 aromatic heterocycles. The van der Waals surface area contributed by atoms with Crippen LogP contribution in [0.15, 0.2) is 4.99 Å². The lowest BCUT2D eigenvalue weighted by Gasteiger charge is -2.17. The molecule has 0 aromatic carbocycles. The van der Waals surface area contributed by atoms with Crippen LogP contribution in [-0.2, 0) is 0 Å². The van der Waals surface area contributed by atoms with E-state index in [1.165, 1.54) is 0 Å². The highest BCUT2D eigenvalue weighted by Gasteiger charge is 2.12. The Morgan fingerprint density at radius 2 is 1.87 bits per heavy atom. The number of nitrogens with zero attached hydrogens (tertiary/aromatic N) is 1. The minimum atomic E-state index is -0.176. The highest BCUT2D eigenvalue weighted by atomic mass is 35.5. The third kappa shape index (κ3) is 7.02. The Balaban J connectivity index is 0. The summed E-state index contributed by atoms with van der Waals surface area (Å²) in [6, 6.07) is 0.201. The Kier molecular flexibility index (Phi) is 9.16. The summed E-state index contributed by atoms with van der Waals surface area (Å²) in [6.07, 6.45) is 2.00.